The molecule has 1 aliphatic carbocycles. The number of hydrogen-bond donors (Lipinski definition) is 1. The monoisotopic (exact) mass is 350 g/mol. The molecule has 124 valence electrons. The van der Waals surface area contributed by atoms with Crippen LogP contribution in [0.3, 0.4) is 0 Å². The number of benzene rings is 2. The number of fused-ring (bicyclic) bond motifs is 1. The largest absolute Gasteiger partial charge is 0.490 e. The molecule has 2 aromatic carbocycles. The van der Waals surface area contributed by atoms with Crippen LogP contribution in [-0.4, -0.2) is 17.0 Å². The number of nitrogens with one attached hydrogen (secondary N) is 1. The van der Waals surface area contributed by atoms with Crippen LogP contribution >= 0.6 is 11.6 Å². The second kappa shape index (κ2) is 5.20. The number of ether oxygens (including phenoxy) is 1. The Labute approximate surface area is 149 Å². The summed E-state index contributed by atoms with van der Waals surface area (Å²) in [5.41, 5.74) is 1.05. The Morgan fingerprint density at radius 2 is 2.04 bits per heavy atom. The Bertz CT molecular complexity index is 1010. The van der Waals surface area contributed by atoms with Gasteiger partial charge in [0.25, 0.3) is 0 Å². The lowest BCUT2D eigenvalue weighted by atomic mass is 9.60. The van der Waals surface area contributed by atoms with Gasteiger partial charge in [-0.3, -0.25) is 9.78 Å². The summed E-state index contributed by atoms with van der Waals surface area (Å²) in [6.07, 6.45) is 4.97. The topological polar surface area (TPSA) is 51.2 Å². The molecule has 2 bridgehead atoms. The summed E-state index contributed by atoms with van der Waals surface area (Å²) in [6.45, 7) is 0. The Kier molecular flexibility index (Phi) is 3.06. The molecule has 1 amide bonds. The Hall–Kier alpha value is -2.59. The zero-order valence-corrected chi connectivity index (χ0v) is 14.1. The molecule has 25 heavy (non-hydrogen) atoms. The number of hydrogen-bond acceptors (Lipinski definition) is 3. The Morgan fingerprint density at radius 1 is 1.20 bits per heavy atom. The second-order valence-corrected chi connectivity index (χ2v) is 7.17. The highest BCUT2D eigenvalue weighted by Crippen LogP contribution is 2.54. The van der Waals surface area contributed by atoms with Gasteiger partial charge in [-0.1, -0.05) is 35.9 Å². The van der Waals surface area contributed by atoms with E-state index in [9.17, 15) is 4.79 Å². The molecule has 0 atom stereocenters. The van der Waals surface area contributed by atoms with Crippen molar-refractivity contribution in [3.05, 3.63) is 65.4 Å². The van der Waals surface area contributed by atoms with Crippen LogP contribution in [0, 0.1) is 0 Å². The minimum absolute atomic E-state index is 0.0197. The minimum atomic E-state index is -0.569. The van der Waals surface area contributed by atoms with Crippen LogP contribution in [0.1, 0.15) is 18.4 Å². The molecule has 0 saturated heterocycles. The summed E-state index contributed by atoms with van der Waals surface area (Å²) in [4.78, 5) is 17.5. The number of carbonyl (C=O) groups excluding carboxylic acids is 1. The van der Waals surface area contributed by atoms with E-state index in [1.54, 1.807) is 18.5 Å². The lowest BCUT2D eigenvalue weighted by Crippen LogP contribution is -2.58. The number of anilines is 1. The fourth-order valence-corrected chi connectivity index (χ4v) is 4.12. The lowest BCUT2D eigenvalue weighted by molar-refractivity contribution is -0.131. The summed E-state index contributed by atoms with van der Waals surface area (Å²) in [7, 11) is 0. The predicted molar refractivity (Wildman–Crippen MR) is 97.2 cm³/mol. The van der Waals surface area contributed by atoms with Crippen LogP contribution in [-0.2, 0) is 10.2 Å². The number of pyridine rings is 1. The summed E-state index contributed by atoms with van der Waals surface area (Å²) in [5.74, 6) is 0.742. The van der Waals surface area contributed by atoms with Crippen LogP contribution < -0.4 is 10.1 Å². The van der Waals surface area contributed by atoms with Gasteiger partial charge in [0.05, 0.1) is 17.3 Å². The quantitative estimate of drug-likeness (QED) is 0.748. The smallest absolute Gasteiger partial charge is 0.235 e. The molecule has 3 heterocycles. The maximum absolute atomic E-state index is 13.2. The highest BCUT2D eigenvalue weighted by atomic mass is 35.5. The second-order valence-electron chi connectivity index (χ2n) is 6.73. The average molecular weight is 351 g/mol. The third-order valence-electron chi connectivity index (χ3n) is 5.25. The number of nitrogens with zero attached hydrogens (tertiary/aromatic N) is 1. The van der Waals surface area contributed by atoms with Crippen molar-refractivity contribution < 1.29 is 9.53 Å². The number of carbonyl (C=O) groups is 1. The molecule has 2 aliphatic heterocycles. The van der Waals surface area contributed by atoms with Crippen molar-refractivity contribution >= 4 is 34.0 Å². The molecule has 5 heteroatoms. The van der Waals surface area contributed by atoms with Gasteiger partial charge in [0.2, 0.25) is 5.91 Å². The van der Waals surface area contributed by atoms with Crippen LogP contribution in [0.2, 0.25) is 5.02 Å². The molecule has 4 nitrogen and oxygen atoms in total. The average Bonchev–Trinajstić information content (AvgIpc) is 2.60. The lowest BCUT2D eigenvalue weighted by Gasteiger charge is -2.51. The van der Waals surface area contributed by atoms with Crippen molar-refractivity contribution in [2.75, 3.05) is 5.32 Å². The van der Waals surface area contributed by atoms with Crippen molar-refractivity contribution in [1.82, 2.24) is 4.98 Å². The molecule has 1 aromatic heterocycles. The number of halogens is 1. The molecule has 3 aromatic rings. The van der Waals surface area contributed by atoms with Crippen LogP contribution in [0.5, 0.6) is 5.75 Å². The highest BCUT2D eigenvalue weighted by molar-refractivity contribution is 6.30. The molecule has 0 spiro atoms. The van der Waals surface area contributed by atoms with Gasteiger partial charge in [-0.05, 0) is 18.2 Å². The van der Waals surface area contributed by atoms with Gasteiger partial charge in [0, 0.05) is 40.4 Å². The standard InChI is InChI=1S/C20H15ClN2O2/c21-13-5-6-18-16(7-13)20(8-14(9-20)25-18)19(24)23-17-11-22-10-12-3-1-2-4-15(12)17/h1-7,10-11,14H,8-9H2,(H,23,24). The first-order valence-corrected chi connectivity index (χ1v) is 8.64. The van der Waals surface area contributed by atoms with Crippen molar-refractivity contribution in [1.29, 1.82) is 0 Å². The van der Waals surface area contributed by atoms with Gasteiger partial charge in [-0.15, -0.1) is 0 Å². The van der Waals surface area contributed by atoms with E-state index < -0.39 is 5.41 Å². The van der Waals surface area contributed by atoms with Gasteiger partial charge < -0.3 is 10.1 Å². The molecule has 0 unspecified atom stereocenters. The van der Waals surface area contributed by atoms with Crippen molar-refractivity contribution in [3.8, 4) is 5.75 Å². The van der Waals surface area contributed by atoms with E-state index in [-0.39, 0.29) is 12.0 Å². The van der Waals surface area contributed by atoms with E-state index in [4.69, 9.17) is 16.3 Å². The fourth-order valence-electron chi connectivity index (χ4n) is 3.95. The van der Waals surface area contributed by atoms with E-state index in [1.807, 2.05) is 36.4 Å². The SMILES string of the molecule is O=C(Nc1cncc2ccccc12)C12CC(C1)Oc1ccc(Cl)cc12. The van der Waals surface area contributed by atoms with E-state index in [2.05, 4.69) is 10.3 Å². The van der Waals surface area contributed by atoms with E-state index >= 15 is 0 Å². The van der Waals surface area contributed by atoms with Gasteiger partial charge >= 0.3 is 0 Å². The first kappa shape index (κ1) is 14.7. The van der Waals surface area contributed by atoms with Crippen LogP contribution in [0.25, 0.3) is 10.8 Å². The molecule has 6 rings (SSSR count). The van der Waals surface area contributed by atoms with E-state index in [0.29, 0.717) is 17.9 Å². The van der Waals surface area contributed by atoms with Crippen LogP contribution in [0.15, 0.2) is 54.9 Å². The van der Waals surface area contributed by atoms with Gasteiger partial charge in [0.1, 0.15) is 11.9 Å². The third-order valence-corrected chi connectivity index (χ3v) is 5.49. The van der Waals surface area contributed by atoms with E-state index in [1.165, 1.54) is 0 Å². The number of amides is 1. The normalized spacial score (nSPS) is 23.3. The Balaban J connectivity index is 1.55. The number of aromatic nitrogens is 1. The highest BCUT2D eigenvalue weighted by Gasteiger charge is 2.57. The van der Waals surface area contributed by atoms with Gasteiger partial charge in [-0.2, -0.15) is 0 Å². The van der Waals surface area contributed by atoms with Crippen molar-refractivity contribution in [3.63, 3.8) is 0 Å². The third kappa shape index (κ3) is 2.14. The summed E-state index contributed by atoms with van der Waals surface area (Å²) in [6, 6.07) is 13.4. The zero-order chi connectivity index (χ0) is 17.0. The molecule has 0 radical (unpaired) electrons. The summed E-state index contributed by atoms with van der Waals surface area (Å²) >= 11 is 6.17. The molecular formula is C20H15ClN2O2. The number of rotatable bonds is 2. The first-order chi connectivity index (χ1) is 12.2. The van der Waals surface area contributed by atoms with Crippen molar-refractivity contribution in [2.24, 2.45) is 0 Å². The van der Waals surface area contributed by atoms with Crippen molar-refractivity contribution in [2.45, 2.75) is 24.4 Å². The maximum atomic E-state index is 13.2. The van der Waals surface area contributed by atoms with Crippen LogP contribution in [0.4, 0.5) is 5.69 Å². The zero-order valence-electron chi connectivity index (χ0n) is 13.3. The first-order valence-electron chi connectivity index (χ1n) is 8.27. The van der Waals surface area contributed by atoms with Gasteiger partial charge in [0.15, 0.2) is 0 Å². The maximum Gasteiger partial charge on any atom is 0.235 e. The minimum Gasteiger partial charge on any atom is -0.490 e. The van der Waals surface area contributed by atoms with E-state index in [0.717, 1.165) is 27.8 Å². The molecular weight excluding hydrogens is 336 g/mol. The molecule has 1 N–H and O–H groups in total. The fraction of sp³-hybridized carbons (Fsp3) is 0.200. The Morgan fingerprint density at radius 3 is 2.92 bits per heavy atom. The summed E-state index contributed by atoms with van der Waals surface area (Å²) < 4.78 is 5.90. The molecule has 1 fully saturated rings. The summed E-state index contributed by atoms with van der Waals surface area (Å²) in [5, 5.41) is 5.69. The van der Waals surface area contributed by atoms with Gasteiger partial charge in [-0.25, -0.2) is 0 Å². The predicted octanol–water partition coefficient (Wildman–Crippen LogP) is 4.32. The molecule has 3 aliphatic rings. The molecule has 1 saturated carbocycles.